The van der Waals surface area contributed by atoms with Gasteiger partial charge in [-0.25, -0.2) is 0 Å². The van der Waals surface area contributed by atoms with Gasteiger partial charge in [-0.2, -0.15) is 10.2 Å². The van der Waals surface area contributed by atoms with Crippen LogP contribution in [0, 0.1) is 11.3 Å². The van der Waals surface area contributed by atoms with Gasteiger partial charge >= 0.3 is 0 Å². The molecule has 1 aromatic carbocycles. The Kier molecular flexibility index (Phi) is 4.27. The first-order valence-electron chi connectivity index (χ1n) is 5.69. The fraction of sp³-hybridized carbons (Fsp3) is 0.154. The second-order valence-electron chi connectivity index (χ2n) is 3.78. The summed E-state index contributed by atoms with van der Waals surface area (Å²) in [6.07, 6.45) is 0. The first kappa shape index (κ1) is 14.0. The summed E-state index contributed by atoms with van der Waals surface area (Å²) in [6, 6.07) is 10.4. The number of rotatable bonds is 4. The fourth-order valence-electron chi connectivity index (χ4n) is 1.66. The van der Waals surface area contributed by atoms with E-state index in [4.69, 9.17) is 15.7 Å². The quantitative estimate of drug-likeness (QED) is 0.675. The van der Waals surface area contributed by atoms with Crippen molar-refractivity contribution in [3.63, 3.8) is 0 Å². The highest BCUT2D eigenvalue weighted by Crippen LogP contribution is 2.23. The average Bonchev–Trinajstić information content (AvgIpc) is 2.45. The molecule has 0 bridgehead atoms. The van der Waals surface area contributed by atoms with Crippen LogP contribution in [0.15, 0.2) is 40.3 Å². The Morgan fingerprint density at radius 1 is 1.45 bits per heavy atom. The second kappa shape index (κ2) is 6.12. The highest BCUT2D eigenvalue weighted by atomic mass is 32.2. The van der Waals surface area contributed by atoms with E-state index in [2.05, 4.69) is 4.98 Å². The number of ether oxygens (including phenoxy) is 1. The van der Waals surface area contributed by atoms with Crippen LogP contribution in [0.2, 0.25) is 0 Å². The second-order valence-corrected chi connectivity index (χ2v) is 4.72. The molecule has 7 heteroatoms. The van der Waals surface area contributed by atoms with Gasteiger partial charge in [0.05, 0.1) is 18.9 Å². The number of nitrogen functional groups attached to an aromatic ring is 1. The third-order valence-electron chi connectivity index (χ3n) is 2.52. The van der Waals surface area contributed by atoms with Gasteiger partial charge in [-0.3, -0.25) is 9.36 Å². The van der Waals surface area contributed by atoms with E-state index in [0.717, 1.165) is 17.4 Å². The van der Waals surface area contributed by atoms with Crippen molar-refractivity contribution >= 4 is 17.6 Å². The molecule has 0 unspecified atom stereocenters. The van der Waals surface area contributed by atoms with Crippen LogP contribution in [-0.4, -0.2) is 22.4 Å². The van der Waals surface area contributed by atoms with Crippen molar-refractivity contribution < 1.29 is 4.74 Å². The summed E-state index contributed by atoms with van der Waals surface area (Å²) in [5.74, 6) is 1.18. The summed E-state index contributed by atoms with van der Waals surface area (Å²) < 4.78 is 6.72. The molecule has 0 amide bonds. The molecule has 0 spiro atoms. The van der Waals surface area contributed by atoms with E-state index < -0.39 is 5.56 Å². The minimum absolute atomic E-state index is 0.187. The summed E-state index contributed by atoms with van der Waals surface area (Å²) in [7, 11) is 1.58. The molecule has 1 heterocycles. The van der Waals surface area contributed by atoms with Gasteiger partial charge in [-0.1, -0.05) is 11.8 Å². The first-order chi connectivity index (χ1) is 9.65. The monoisotopic (exact) mass is 288 g/mol. The molecule has 0 radical (unpaired) electrons. The number of methoxy groups -OCH3 is 1. The van der Waals surface area contributed by atoms with E-state index in [0.29, 0.717) is 10.9 Å². The molecular formula is C13H12N4O2S. The topological polar surface area (TPSA) is 93.9 Å². The lowest BCUT2D eigenvalue weighted by molar-refractivity contribution is 0.414. The third-order valence-corrected chi connectivity index (χ3v) is 3.33. The van der Waals surface area contributed by atoms with Crippen molar-refractivity contribution in [1.82, 2.24) is 9.55 Å². The molecule has 0 saturated heterocycles. The minimum atomic E-state index is -0.423. The number of nitrogens with two attached hydrogens (primary N) is 1. The fourth-order valence-corrected chi connectivity index (χ4v) is 2.35. The smallest absolute Gasteiger partial charge is 0.275 e. The number of hydrogen-bond donors (Lipinski definition) is 1. The van der Waals surface area contributed by atoms with E-state index in [-0.39, 0.29) is 11.6 Å². The van der Waals surface area contributed by atoms with E-state index in [1.165, 1.54) is 6.07 Å². The molecule has 0 aliphatic heterocycles. The summed E-state index contributed by atoms with van der Waals surface area (Å²) >= 11 is 1.16. The standard InChI is InChI=1S/C13H12N4O2S/c1-19-10-4-2-9(3-5-10)17-11(15)8-12(18)16-13(17)20-7-6-14/h2-5,8H,7,15H2,1H3. The van der Waals surface area contributed by atoms with Crippen molar-refractivity contribution in [1.29, 1.82) is 5.26 Å². The molecule has 6 nitrogen and oxygen atoms in total. The number of aromatic nitrogens is 2. The van der Waals surface area contributed by atoms with Crippen LogP contribution in [0.1, 0.15) is 0 Å². The first-order valence-corrected chi connectivity index (χ1v) is 6.68. The summed E-state index contributed by atoms with van der Waals surface area (Å²) in [5, 5.41) is 9.05. The lowest BCUT2D eigenvalue weighted by Crippen LogP contribution is -2.16. The molecule has 0 fully saturated rings. The predicted octanol–water partition coefficient (Wildman–Crippen LogP) is 1.44. The Hall–Kier alpha value is -2.46. The number of hydrogen-bond acceptors (Lipinski definition) is 6. The Balaban J connectivity index is 2.53. The number of anilines is 1. The number of thioether (sulfide) groups is 1. The Morgan fingerprint density at radius 3 is 2.75 bits per heavy atom. The molecular weight excluding hydrogens is 276 g/mol. The molecule has 2 rings (SSSR count). The summed E-state index contributed by atoms with van der Waals surface area (Å²) in [6.45, 7) is 0. The van der Waals surface area contributed by atoms with E-state index in [1.807, 2.05) is 6.07 Å². The van der Waals surface area contributed by atoms with E-state index >= 15 is 0 Å². The van der Waals surface area contributed by atoms with Gasteiger partial charge in [-0.15, -0.1) is 0 Å². The number of benzene rings is 1. The maximum atomic E-state index is 11.4. The van der Waals surface area contributed by atoms with Gasteiger partial charge in [0.25, 0.3) is 5.56 Å². The molecule has 20 heavy (non-hydrogen) atoms. The van der Waals surface area contributed by atoms with Crippen molar-refractivity contribution in [3.05, 3.63) is 40.7 Å². The van der Waals surface area contributed by atoms with Crippen LogP contribution in [0.25, 0.3) is 5.69 Å². The lowest BCUT2D eigenvalue weighted by atomic mass is 10.3. The minimum Gasteiger partial charge on any atom is -0.497 e. The molecule has 2 N–H and O–H groups in total. The van der Waals surface area contributed by atoms with Gasteiger partial charge < -0.3 is 10.5 Å². The van der Waals surface area contributed by atoms with E-state index in [1.54, 1.807) is 35.9 Å². The van der Waals surface area contributed by atoms with E-state index in [9.17, 15) is 4.79 Å². The maximum absolute atomic E-state index is 11.4. The van der Waals surface area contributed by atoms with Crippen LogP contribution in [-0.2, 0) is 0 Å². The maximum Gasteiger partial charge on any atom is 0.275 e. The zero-order valence-electron chi connectivity index (χ0n) is 10.7. The molecule has 0 atom stereocenters. The third kappa shape index (κ3) is 2.92. The Labute approximate surface area is 119 Å². The summed E-state index contributed by atoms with van der Waals surface area (Å²) in [5.41, 5.74) is 6.22. The van der Waals surface area contributed by atoms with Gasteiger partial charge in [0, 0.05) is 11.8 Å². The number of nitrogens with zero attached hydrogens (tertiary/aromatic N) is 3. The van der Waals surface area contributed by atoms with Crippen molar-refractivity contribution in [3.8, 4) is 17.5 Å². The Bertz CT molecular complexity index is 704. The van der Waals surface area contributed by atoms with Crippen LogP contribution in [0.5, 0.6) is 5.75 Å². The predicted molar refractivity (Wildman–Crippen MR) is 77.1 cm³/mol. The van der Waals surface area contributed by atoms with Crippen LogP contribution >= 0.6 is 11.8 Å². The van der Waals surface area contributed by atoms with Crippen molar-refractivity contribution in [2.45, 2.75) is 5.16 Å². The zero-order chi connectivity index (χ0) is 14.5. The van der Waals surface area contributed by atoms with Gasteiger partial charge in [0.1, 0.15) is 11.6 Å². The molecule has 2 aromatic rings. The largest absolute Gasteiger partial charge is 0.497 e. The van der Waals surface area contributed by atoms with Crippen molar-refractivity contribution in [2.24, 2.45) is 0 Å². The van der Waals surface area contributed by atoms with Gasteiger partial charge in [0.15, 0.2) is 5.16 Å². The normalized spacial score (nSPS) is 10.0. The Morgan fingerprint density at radius 2 is 2.15 bits per heavy atom. The SMILES string of the molecule is COc1ccc(-n2c(N)cc(=O)nc2SCC#N)cc1. The van der Waals surface area contributed by atoms with Gasteiger partial charge in [-0.05, 0) is 24.3 Å². The average molecular weight is 288 g/mol. The highest BCUT2D eigenvalue weighted by molar-refractivity contribution is 7.99. The van der Waals surface area contributed by atoms with Gasteiger partial charge in [0.2, 0.25) is 0 Å². The molecule has 102 valence electrons. The van der Waals surface area contributed by atoms with Crippen LogP contribution in [0.4, 0.5) is 5.82 Å². The number of nitriles is 1. The molecule has 0 aliphatic carbocycles. The molecule has 0 aliphatic rings. The van der Waals surface area contributed by atoms with Crippen LogP contribution < -0.4 is 16.0 Å². The highest BCUT2D eigenvalue weighted by Gasteiger charge is 2.10. The molecule has 0 saturated carbocycles. The van der Waals surface area contributed by atoms with Crippen LogP contribution in [0.3, 0.4) is 0 Å². The summed E-state index contributed by atoms with van der Waals surface area (Å²) in [4.78, 5) is 15.3. The zero-order valence-corrected chi connectivity index (χ0v) is 11.6. The van der Waals surface area contributed by atoms with Crippen molar-refractivity contribution in [2.75, 3.05) is 18.6 Å². The lowest BCUT2D eigenvalue weighted by Gasteiger charge is -2.14. The molecule has 1 aromatic heterocycles.